The lowest BCUT2D eigenvalue weighted by molar-refractivity contribution is 0.419. The molecule has 0 aliphatic rings. The van der Waals surface area contributed by atoms with Gasteiger partial charge in [-0.1, -0.05) is 6.92 Å². The fourth-order valence-corrected chi connectivity index (χ4v) is 1.75. The van der Waals surface area contributed by atoms with E-state index in [0.29, 0.717) is 6.54 Å². The summed E-state index contributed by atoms with van der Waals surface area (Å²) in [6.45, 7) is 2.66. The summed E-state index contributed by atoms with van der Waals surface area (Å²) in [6.07, 6.45) is 1.92. The Hall–Kier alpha value is -1.76. The minimum absolute atomic E-state index is 0.211. The van der Waals surface area contributed by atoms with Crippen molar-refractivity contribution in [1.29, 1.82) is 0 Å². The van der Waals surface area contributed by atoms with Gasteiger partial charge in [0.15, 0.2) is 0 Å². The molecule has 1 aromatic carbocycles. The molecule has 0 atom stereocenters. The standard InChI is InChI=1S/C13H12BrF2N3O/c1-2-5-17-13-18-7-11(16)12(19-13)20-8-3-4-10(15)9(14)6-8/h3-4,6-7H,2,5H2,1H3,(H,17,18,19). The third-order valence-corrected chi connectivity index (χ3v) is 2.96. The highest BCUT2D eigenvalue weighted by Crippen LogP contribution is 2.27. The molecule has 0 radical (unpaired) electrons. The van der Waals surface area contributed by atoms with Crippen molar-refractivity contribution in [3.05, 3.63) is 40.5 Å². The number of hydrogen-bond acceptors (Lipinski definition) is 4. The van der Waals surface area contributed by atoms with Crippen molar-refractivity contribution >= 4 is 21.9 Å². The molecule has 0 amide bonds. The molecule has 1 N–H and O–H groups in total. The third kappa shape index (κ3) is 3.63. The Morgan fingerprint density at radius 3 is 2.80 bits per heavy atom. The number of nitrogens with zero attached hydrogens (tertiary/aromatic N) is 2. The summed E-state index contributed by atoms with van der Waals surface area (Å²) < 4.78 is 32.2. The second kappa shape index (κ2) is 6.60. The second-order valence-electron chi connectivity index (χ2n) is 3.95. The van der Waals surface area contributed by atoms with E-state index in [1.54, 1.807) is 0 Å². The second-order valence-corrected chi connectivity index (χ2v) is 4.81. The lowest BCUT2D eigenvalue weighted by atomic mass is 10.3. The van der Waals surface area contributed by atoms with Crippen LogP contribution in [0.15, 0.2) is 28.9 Å². The normalized spacial score (nSPS) is 10.4. The molecule has 0 saturated carbocycles. The molecule has 106 valence electrons. The van der Waals surface area contributed by atoms with E-state index < -0.39 is 11.6 Å². The Morgan fingerprint density at radius 2 is 2.10 bits per heavy atom. The van der Waals surface area contributed by atoms with Crippen LogP contribution in [-0.4, -0.2) is 16.5 Å². The van der Waals surface area contributed by atoms with Gasteiger partial charge < -0.3 is 10.1 Å². The van der Waals surface area contributed by atoms with Crippen LogP contribution in [0, 0.1) is 11.6 Å². The first-order chi connectivity index (χ1) is 9.60. The predicted octanol–water partition coefficient (Wildman–Crippen LogP) is 4.13. The number of aromatic nitrogens is 2. The van der Waals surface area contributed by atoms with E-state index >= 15 is 0 Å². The van der Waals surface area contributed by atoms with Crippen LogP contribution in [0.2, 0.25) is 0 Å². The van der Waals surface area contributed by atoms with Crippen LogP contribution < -0.4 is 10.1 Å². The molecule has 2 aromatic rings. The number of anilines is 1. The first-order valence-corrected chi connectivity index (χ1v) is 6.78. The molecule has 7 heteroatoms. The van der Waals surface area contributed by atoms with Gasteiger partial charge in [-0.15, -0.1) is 0 Å². The van der Waals surface area contributed by atoms with E-state index in [1.807, 2.05) is 6.92 Å². The number of benzene rings is 1. The fraction of sp³-hybridized carbons (Fsp3) is 0.231. The molecular formula is C13H12BrF2N3O. The van der Waals surface area contributed by atoms with Crippen LogP contribution in [0.1, 0.15) is 13.3 Å². The molecule has 0 spiro atoms. The summed E-state index contributed by atoms with van der Waals surface area (Å²) in [5.74, 6) is -0.767. The van der Waals surface area contributed by atoms with Crippen molar-refractivity contribution in [2.24, 2.45) is 0 Å². The van der Waals surface area contributed by atoms with Gasteiger partial charge in [0.2, 0.25) is 11.8 Å². The van der Waals surface area contributed by atoms with Crippen LogP contribution in [0.5, 0.6) is 11.6 Å². The van der Waals surface area contributed by atoms with Gasteiger partial charge in [0.05, 0.1) is 10.7 Å². The summed E-state index contributed by atoms with van der Waals surface area (Å²) in [6, 6.07) is 4.01. The molecule has 0 saturated heterocycles. The maximum Gasteiger partial charge on any atom is 0.260 e. The van der Waals surface area contributed by atoms with E-state index in [4.69, 9.17) is 4.74 Å². The average molecular weight is 344 g/mol. The van der Waals surface area contributed by atoms with Crippen molar-refractivity contribution in [1.82, 2.24) is 9.97 Å². The molecule has 1 aromatic heterocycles. The largest absolute Gasteiger partial charge is 0.436 e. The van der Waals surface area contributed by atoms with Crippen molar-refractivity contribution in [2.45, 2.75) is 13.3 Å². The first kappa shape index (κ1) is 14.6. The fourth-order valence-electron chi connectivity index (χ4n) is 1.40. The van der Waals surface area contributed by atoms with E-state index in [1.165, 1.54) is 18.2 Å². The van der Waals surface area contributed by atoms with E-state index in [2.05, 4.69) is 31.2 Å². The number of nitrogens with one attached hydrogen (secondary N) is 1. The lowest BCUT2D eigenvalue weighted by Crippen LogP contribution is -2.05. The monoisotopic (exact) mass is 343 g/mol. The smallest absolute Gasteiger partial charge is 0.260 e. The zero-order valence-corrected chi connectivity index (χ0v) is 12.2. The minimum atomic E-state index is -0.688. The van der Waals surface area contributed by atoms with Crippen LogP contribution in [-0.2, 0) is 0 Å². The van der Waals surface area contributed by atoms with Gasteiger partial charge >= 0.3 is 0 Å². The molecule has 2 rings (SSSR count). The Morgan fingerprint density at radius 1 is 1.30 bits per heavy atom. The highest BCUT2D eigenvalue weighted by molar-refractivity contribution is 9.10. The molecule has 0 aliphatic carbocycles. The van der Waals surface area contributed by atoms with Crippen molar-refractivity contribution < 1.29 is 13.5 Å². The van der Waals surface area contributed by atoms with Crippen LogP contribution in [0.4, 0.5) is 14.7 Å². The van der Waals surface area contributed by atoms with Crippen molar-refractivity contribution in [2.75, 3.05) is 11.9 Å². The highest BCUT2D eigenvalue weighted by Gasteiger charge is 2.10. The molecule has 20 heavy (non-hydrogen) atoms. The van der Waals surface area contributed by atoms with Crippen LogP contribution >= 0.6 is 15.9 Å². The number of rotatable bonds is 5. The van der Waals surface area contributed by atoms with Gasteiger partial charge in [0, 0.05) is 6.54 Å². The van der Waals surface area contributed by atoms with Crippen molar-refractivity contribution in [3.8, 4) is 11.6 Å². The van der Waals surface area contributed by atoms with Gasteiger partial charge in [0.25, 0.3) is 5.88 Å². The predicted molar refractivity (Wildman–Crippen MR) is 74.9 cm³/mol. The van der Waals surface area contributed by atoms with Crippen LogP contribution in [0.25, 0.3) is 0 Å². The molecule has 0 aliphatic heterocycles. The van der Waals surface area contributed by atoms with Gasteiger partial charge in [-0.2, -0.15) is 9.37 Å². The van der Waals surface area contributed by atoms with Gasteiger partial charge in [-0.05, 0) is 40.5 Å². The Labute approximate surface area is 123 Å². The third-order valence-electron chi connectivity index (χ3n) is 2.35. The summed E-state index contributed by atoms with van der Waals surface area (Å²) in [5, 5.41) is 2.93. The van der Waals surface area contributed by atoms with E-state index in [9.17, 15) is 8.78 Å². The first-order valence-electron chi connectivity index (χ1n) is 5.99. The van der Waals surface area contributed by atoms with E-state index in [-0.39, 0.29) is 22.1 Å². The molecular weight excluding hydrogens is 332 g/mol. The topological polar surface area (TPSA) is 47.0 Å². The number of ether oxygens (including phenoxy) is 1. The zero-order chi connectivity index (χ0) is 14.5. The maximum absolute atomic E-state index is 13.6. The quantitative estimate of drug-likeness (QED) is 0.886. The Balaban J connectivity index is 2.20. The highest BCUT2D eigenvalue weighted by atomic mass is 79.9. The number of halogens is 3. The van der Waals surface area contributed by atoms with Gasteiger partial charge in [-0.3, -0.25) is 0 Å². The van der Waals surface area contributed by atoms with Gasteiger partial charge in [0.1, 0.15) is 11.6 Å². The average Bonchev–Trinajstić information content (AvgIpc) is 2.44. The molecule has 1 heterocycles. The summed E-state index contributed by atoms with van der Waals surface area (Å²) in [7, 11) is 0. The SMILES string of the molecule is CCCNc1ncc(F)c(Oc2ccc(F)c(Br)c2)n1. The lowest BCUT2D eigenvalue weighted by Gasteiger charge is -2.08. The maximum atomic E-state index is 13.6. The van der Waals surface area contributed by atoms with Gasteiger partial charge in [-0.25, -0.2) is 9.37 Å². The molecule has 0 bridgehead atoms. The Kier molecular flexibility index (Phi) is 4.84. The summed E-state index contributed by atoms with van der Waals surface area (Å²) in [5.41, 5.74) is 0. The zero-order valence-electron chi connectivity index (χ0n) is 10.7. The molecule has 4 nitrogen and oxygen atoms in total. The molecule has 0 unspecified atom stereocenters. The number of hydrogen-bond donors (Lipinski definition) is 1. The Bertz CT molecular complexity index is 610. The molecule has 0 fully saturated rings. The summed E-state index contributed by atoms with van der Waals surface area (Å²) in [4.78, 5) is 7.73. The van der Waals surface area contributed by atoms with E-state index in [0.717, 1.165) is 12.6 Å². The van der Waals surface area contributed by atoms with Crippen LogP contribution in [0.3, 0.4) is 0 Å². The minimum Gasteiger partial charge on any atom is -0.436 e. The summed E-state index contributed by atoms with van der Waals surface area (Å²) >= 11 is 3.03. The van der Waals surface area contributed by atoms with Crippen molar-refractivity contribution in [3.63, 3.8) is 0 Å².